The van der Waals surface area contributed by atoms with E-state index in [-0.39, 0.29) is 6.61 Å². The van der Waals surface area contributed by atoms with Crippen LogP contribution in [0, 0.1) is 12.8 Å². The third-order valence-corrected chi connectivity index (χ3v) is 3.39. The highest BCUT2D eigenvalue weighted by atomic mass is 79.9. The van der Waals surface area contributed by atoms with Gasteiger partial charge in [0.15, 0.2) is 0 Å². The number of aliphatic hydroxyl groups excluding tert-OH is 1. The summed E-state index contributed by atoms with van der Waals surface area (Å²) >= 11 is 3.53. The molecule has 2 heterocycles. The maximum absolute atomic E-state index is 9.09. The Morgan fingerprint density at radius 2 is 2.47 bits per heavy atom. The monoisotopic (exact) mass is 270 g/mol. The molecule has 82 valence electrons. The minimum Gasteiger partial charge on any atom is -0.396 e. The lowest BCUT2D eigenvalue weighted by Crippen LogP contribution is -2.22. The van der Waals surface area contributed by atoms with Crippen molar-refractivity contribution in [3.05, 3.63) is 22.3 Å². The van der Waals surface area contributed by atoms with E-state index in [4.69, 9.17) is 5.11 Å². The Hall–Kier alpha value is -0.610. The van der Waals surface area contributed by atoms with Crippen LogP contribution < -0.4 is 4.90 Å². The fourth-order valence-corrected chi connectivity index (χ4v) is 2.65. The Morgan fingerprint density at radius 3 is 3.07 bits per heavy atom. The summed E-state index contributed by atoms with van der Waals surface area (Å²) in [5, 5.41) is 9.09. The quantitative estimate of drug-likeness (QED) is 0.893. The maximum atomic E-state index is 9.09. The van der Waals surface area contributed by atoms with E-state index < -0.39 is 0 Å². The van der Waals surface area contributed by atoms with E-state index >= 15 is 0 Å². The van der Waals surface area contributed by atoms with Crippen molar-refractivity contribution in [2.45, 2.75) is 13.3 Å². The van der Waals surface area contributed by atoms with Gasteiger partial charge in [-0.1, -0.05) is 0 Å². The van der Waals surface area contributed by atoms with Crippen molar-refractivity contribution in [3.8, 4) is 0 Å². The predicted octanol–water partition coefficient (Wildman–Crippen LogP) is 1.97. The summed E-state index contributed by atoms with van der Waals surface area (Å²) in [6.07, 6.45) is 2.94. The van der Waals surface area contributed by atoms with Gasteiger partial charge in [0.25, 0.3) is 0 Å². The molecule has 2 rings (SSSR count). The molecule has 1 saturated heterocycles. The van der Waals surface area contributed by atoms with Crippen LogP contribution >= 0.6 is 15.9 Å². The number of nitrogens with zero attached hydrogens (tertiary/aromatic N) is 2. The van der Waals surface area contributed by atoms with Crippen molar-refractivity contribution in [2.75, 3.05) is 24.6 Å². The number of hydrogen-bond donors (Lipinski definition) is 1. The van der Waals surface area contributed by atoms with Crippen LogP contribution in [0.25, 0.3) is 0 Å². The molecule has 1 atom stereocenters. The Kier molecular flexibility index (Phi) is 3.26. The molecule has 1 aromatic heterocycles. The van der Waals surface area contributed by atoms with Crippen LogP contribution in [0.15, 0.2) is 16.7 Å². The third kappa shape index (κ3) is 2.32. The number of aromatic nitrogens is 1. The number of aryl methyl sites for hydroxylation is 1. The molecule has 1 aliphatic rings. The molecule has 0 spiro atoms. The lowest BCUT2D eigenvalue weighted by atomic mass is 10.1. The third-order valence-electron chi connectivity index (χ3n) is 2.80. The Morgan fingerprint density at radius 1 is 1.67 bits per heavy atom. The first-order valence-electron chi connectivity index (χ1n) is 5.18. The summed E-state index contributed by atoms with van der Waals surface area (Å²) in [5.41, 5.74) is 1.16. The molecule has 0 amide bonds. The summed E-state index contributed by atoms with van der Waals surface area (Å²) < 4.78 is 1.04. The van der Waals surface area contributed by atoms with Crippen LogP contribution in [-0.2, 0) is 0 Å². The minimum absolute atomic E-state index is 0.278. The second kappa shape index (κ2) is 4.49. The lowest BCUT2D eigenvalue weighted by Gasteiger charge is -2.18. The van der Waals surface area contributed by atoms with E-state index in [0.717, 1.165) is 35.4 Å². The zero-order valence-electron chi connectivity index (χ0n) is 8.78. The molecule has 3 nitrogen and oxygen atoms in total. The van der Waals surface area contributed by atoms with Crippen LogP contribution in [0.3, 0.4) is 0 Å². The highest BCUT2D eigenvalue weighted by molar-refractivity contribution is 9.10. The summed E-state index contributed by atoms with van der Waals surface area (Å²) in [6.45, 7) is 4.20. The Bertz CT molecular complexity index is 356. The van der Waals surface area contributed by atoms with Crippen molar-refractivity contribution in [1.29, 1.82) is 0 Å². The molecule has 0 radical (unpaired) electrons. The van der Waals surface area contributed by atoms with Crippen molar-refractivity contribution in [1.82, 2.24) is 4.98 Å². The molecule has 1 aromatic rings. The fraction of sp³-hybridized carbons (Fsp3) is 0.545. The zero-order chi connectivity index (χ0) is 10.8. The van der Waals surface area contributed by atoms with E-state index in [1.807, 2.05) is 13.1 Å². The molecule has 0 aromatic carbocycles. The SMILES string of the molecule is Cc1cnc(N2CCC(CO)C2)c(Br)c1. The van der Waals surface area contributed by atoms with Gasteiger partial charge in [0.1, 0.15) is 5.82 Å². The first-order chi connectivity index (χ1) is 7.20. The first kappa shape index (κ1) is 10.9. The number of halogens is 1. The zero-order valence-corrected chi connectivity index (χ0v) is 10.4. The average Bonchev–Trinajstić information content (AvgIpc) is 2.66. The molecule has 1 unspecified atom stereocenters. The van der Waals surface area contributed by atoms with Gasteiger partial charge in [0.05, 0.1) is 4.47 Å². The predicted molar refractivity (Wildman–Crippen MR) is 64.1 cm³/mol. The Labute approximate surface area is 98.3 Å². The van der Waals surface area contributed by atoms with Gasteiger partial charge in [0, 0.05) is 31.8 Å². The molecular weight excluding hydrogens is 256 g/mol. The van der Waals surface area contributed by atoms with Gasteiger partial charge in [-0.15, -0.1) is 0 Å². The smallest absolute Gasteiger partial charge is 0.142 e. The van der Waals surface area contributed by atoms with Crippen molar-refractivity contribution in [3.63, 3.8) is 0 Å². The fourth-order valence-electron chi connectivity index (χ4n) is 1.93. The van der Waals surface area contributed by atoms with Gasteiger partial charge in [-0.3, -0.25) is 0 Å². The number of aliphatic hydroxyl groups is 1. The van der Waals surface area contributed by atoms with Gasteiger partial charge >= 0.3 is 0 Å². The molecule has 1 N–H and O–H groups in total. The van der Waals surface area contributed by atoms with Gasteiger partial charge in [-0.05, 0) is 40.9 Å². The molecule has 1 aliphatic heterocycles. The minimum atomic E-state index is 0.278. The van der Waals surface area contributed by atoms with Crippen molar-refractivity contribution >= 4 is 21.7 Å². The van der Waals surface area contributed by atoms with Gasteiger partial charge in [-0.2, -0.15) is 0 Å². The van der Waals surface area contributed by atoms with E-state index in [2.05, 4.69) is 31.9 Å². The summed E-state index contributed by atoms with van der Waals surface area (Å²) in [7, 11) is 0. The van der Waals surface area contributed by atoms with Crippen LogP contribution in [0.4, 0.5) is 5.82 Å². The van der Waals surface area contributed by atoms with Gasteiger partial charge in [0.2, 0.25) is 0 Å². The number of rotatable bonds is 2. The van der Waals surface area contributed by atoms with E-state index in [9.17, 15) is 0 Å². The Balaban J connectivity index is 2.17. The highest BCUT2D eigenvalue weighted by Crippen LogP contribution is 2.28. The number of anilines is 1. The second-order valence-corrected chi connectivity index (χ2v) is 4.96. The normalized spacial score (nSPS) is 21.0. The van der Waals surface area contributed by atoms with Crippen LogP contribution in [-0.4, -0.2) is 29.8 Å². The molecule has 0 aliphatic carbocycles. The van der Waals surface area contributed by atoms with E-state index in [1.54, 1.807) is 0 Å². The number of pyridine rings is 1. The summed E-state index contributed by atoms with van der Waals surface area (Å²) in [6, 6.07) is 2.08. The van der Waals surface area contributed by atoms with Crippen LogP contribution in [0.2, 0.25) is 0 Å². The van der Waals surface area contributed by atoms with Crippen LogP contribution in [0.1, 0.15) is 12.0 Å². The van der Waals surface area contributed by atoms with Gasteiger partial charge < -0.3 is 10.0 Å². The molecule has 1 fully saturated rings. The molecule has 4 heteroatoms. The first-order valence-corrected chi connectivity index (χ1v) is 5.98. The second-order valence-electron chi connectivity index (χ2n) is 4.10. The highest BCUT2D eigenvalue weighted by Gasteiger charge is 2.23. The maximum Gasteiger partial charge on any atom is 0.142 e. The molecule has 0 bridgehead atoms. The lowest BCUT2D eigenvalue weighted by molar-refractivity contribution is 0.238. The van der Waals surface area contributed by atoms with Crippen molar-refractivity contribution in [2.24, 2.45) is 5.92 Å². The largest absolute Gasteiger partial charge is 0.396 e. The summed E-state index contributed by atoms with van der Waals surface area (Å²) in [4.78, 5) is 6.65. The average molecular weight is 271 g/mol. The van der Waals surface area contributed by atoms with E-state index in [0.29, 0.717) is 5.92 Å². The van der Waals surface area contributed by atoms with E-state index in [1.165, 1.54) is 0 Å². The molecule has 0 saturated carbocycles. The van der Waals surface area contributed by atoms with Crippen molar-refractivity contribution < 1.29 is 5.11 Å². The standard InChI is InChI=1S/C11H15BrN2O/c1-8-4-10(12)11(13-5-8)14-3-2-9(6-14)7-15/h4-5,9,15H,2-3,6-7H2,1H3. The molecule has 15 heavy (non-hydrogen) atoms. The molecular formula is C11H15BrN2O. The summed E-state index contributed by atoms with van der Waals surface area (Å²) in [5.74, 6) is 1.40. The number of hydrogen-bond acceptors (Lipinski definition) is 3. The van der Waals surface area contributed by atoms with Crippen LogP contribution in [0.5, 0.6) is 0 Å². The topological polar surface area (TPSA) is 36.4 Å². The van der Waals surface area contributed by atoms with Gasteiger partial charge in [-0.25, -0.2) is 4.98 Å².